The molecule has 1 aliphatic heterocycles. The van der Waals surface area contributed by atoms with Crippen LogP contribution in [0.5, 0.6) is 5.75 Å². The van der Waals surface area contributed by atoms with Gasteiger partial charge in [-0.1, -0.05) is 6.07 Å². The molecule has 5 nitrogen and oxygen atoms in total. The molecule has 1 aromatic rings. The van der Waals surface area contributed by atoms with Gasteiger partial charge in [0.1, 0.15) is 5.75 Å². The van der Waals surface area contributed by atoms with Gasteiger partial charge < -0.3 is 20.1 Å². The second kappa shape index (κ2) is 5.27. The molecule has 18 heavy (non-hydrogen) atoms. The van der Waals surface area contributed by atoms with Gasteiger partial charge in [-0.15, -0.1) is 0 Å². The third-order valence-electron chi connectivity index (χ3n) is 3.14. The third-order valence-corrected chi connectivity index (χ3v) is 3.14. The van der Waals surface area contributed by atoms with Crippen LogP contribution in [0.25, 0.3) is 0 Å². The lowest BCUT2D eigenvalue weighted by Gasteiger charge is -2.33. The molecule has 5 heteroatoms. The van der Waals surface area contributed by atoms with Crippen LogP contribution in [0.15, 0.2) is 18.2 Å². The number of rotatable bonds is 2. The van der Waals surface area contributed by atoms with Crippen LogP contribution in [0.3, 0.4) is 0 Å². The molecule has 2 N–H and O–H groups in total. The Morgan fingerprint density at radius 3 is 3.00 bits per heavy atom. The van der Waals surface area contributed by atoms with Crippen molar-refractivity contribution in [2.75, 3.05) is 32.6 Å². The van der Waals surface area contributed by atoms with Crippen molar-refractivity contribution >= 4 is 11.6 Å². The molecule has 0 spiro atoms. The van der Waals surface area contributed by atoms with E-state index in [0.717, 1.165) is 0 Å². The molecule has 0 aromatic heterocycles. The Labute approximate surface area is 106 Å². The fourth-order valence-corrected chi connectivity index (χ4v) is 2.09. The summed E-state index contributed by atoms with van der Waals surface area (Å²) in [6, 6.07) is 5.31. The van der Waals surface area contributed by atoms with Crippen molar-refractivity contribution in [3.05, 3.63) is 23.8 Å². The summed E-state index contributed by atoms with van der Waals surface area (Å²) in [6.45, 7) is 3.69. The van der Waals surface area contributed by atoms with Gasteiger partial charge in [-0.3, -0.25) is 4.79 Å². The Hall–Kier alpha value is -1.75. The summed E-state index contributed by atoms with van der Waals surface area (Å²) in [6.07, 6.45) is 0. The van der Waals surface area contributed by atoms with Gasteiger partial charge in [-0.2, -0.15) is 0 Å². The van der Waals surface area contributed by atoms with E-state index < -0.39 is 0 Å². The van der Waals surface area contributed by atoms with E-state index in [9.17, 15) is 4.79 Å². The van der Waals surface area contributed by atoms with Gasteiger partial charge in [0.15, 0.2) is 0 Å². The minimum Gasteiger partial charge on any atom is -0.495 e. The molecule has 2 rings (SSSR count). The molecule has 0 radical (unpaired) electrons. The van der Waals surface area contributed by atoms with Crippen molar-refractivity contribution in [3.63, 3.8) is 0 Å². The first kappa shape index (κ1) is 12.7. The third kappa shape index (κ3) is 2.26. The number of carbonyl (C=O) groups excluding carboxylic acids is 1. The minimum atomic E-state index is -0.0674. The molecule has 1 heterocycles. The average Bonchev–Trinajstić information content (AvgIpc) is 2.39. The summed E-state index contributed by atoms with van der Waals surface area (Å²) >= 11 is 0. The number of amides is 1. The number of ether oxygens (including phenoxy) is 2. The number of carbonyl (C=O) groups is 1. The Balaban J connectivity index is 2.28. The highest BCUT2D eigenvalue weighted by atomic mass is 16.5. The van der Waals surface area contributed by atoms with Crippen LogP contribution in [-0.2, 0) is 4.74 Å². The number of para-hydroxylation sites is 1. The first-order chi connectivity index (χ1) is 8.65. The van der Waals surface area contributed by atoms with Crippen LogP contribution in [-0.4, -0.2) is 43.7 Å². The Morgan fingerprint density at radius 1 is 1.56 bits per heavy atom. The van der Waals surface area contributed by atoms with Crippen LogP contribution in [0.4, 0.5) is 5.69 Å². The Morgan fingerprint density at radius 2 is 2.33 bits per heavy atom. The first-order valence-corrected chi connectivity index (χ1v) is 5.96. The lowest BCUT2D eigenvalue weighted by Crippen LogP contribution is -2.47. The lowest BCUT2D eigenvalue weighted by molar-refractivity contribution is 0.00364. The molecule has 1 saturated heterocycles. The van der Waals surface area contributed by atoms with E-state index in [4.69, 9.17) is 15.2 Å². The molecular formula is C13H18N2O3. The summed E-state index contributed by atoms with van der Waals surface area (Å²) in [5.74, 6) is 0.462. The van der Waals surface area contributed by atoms with Crippen LogP contribution < -0.4 is 10.5 Å². The number of methoxy groups -OCH3 is 1. The quantitative estimate of drug-likeness (QED) is 0.799. The maximum absolute atomic E-state index is 12.4. The number of anilines is 1. The smallest absolute Gasteiger partial charge is 0.256 e. The van der Waals surface area contributed by atoms with Gasteiger partial charge in [0.25, 0.3) is 5.91 Å². The number of hydrogen-bond donors (Lipinski definition) is 1. The highest BCUT2D eigenvalue weighted by molar-refractivity contribution is 6.00. The zero-order valence-corrected chi connectivity index (χ0v) is 10.7. The zero-order valence-electron chi connectivity index (χ0n) is 10.7. The lowest BCUT2D eigenvalue weighted by atomic mass is 10.1. The zero-order chi connectivity index (χ0) is 13.1. The second-order valence-electron chi connectivity index (χ2n) is 4.34. The monoisotopic (exact) mass is 250 g/mol. The number of nitrogen functional groups attached to an aromatic ring is 1. The van der Waals surface area contributed by atoms with Gasteiger partial charge >= 0.3 is 0 Å². The highest BCUT2D eigenvalue weighted by Gasteiger charge is 2.26. The topological polar surface area (TPSA) is 64.8 Å². The summed E-state index contributed by atoms with van der Waals surface area (Å²) in [7, 11) is 1.54. The summed E-state index contributed by atoms with van der Waals surface area (Å²) in [4.78, 5) is 14.2. The maximum atomic E-state index is 12.4. The molecule has 98 valence electrons. The van der Waals surface area contributed by atoms with Crippen molar-refractivity contribution in [3.8, 4) is 5.75 Å². The van der Waals surface area contributed by atoms with E-state index in [1.54, 1.807) is 23.1 Å². The van der Waals surface area contributed by atoms with E-state index in [-0.39, 0.29) is 11.9 Å². The Bertz CT molecular complexity index is 448. The van der Waals surface area contributed by atoms with E-state index in [0.29, 0.717) is 36.8 Å². The van der Waals surface area contributed by atoms with Crippen LogP contribution in [0.1, 0.15) is 17.3 Å². The van der Waals surface area contributed by atoms with Gasteiger partial charge in [0.2, 0.25) is 0 Å². The summed E-state index contributed by atoms with van der Waals surface area (Å²) in [5, 5.41) is 0. The molecule has 1 fully saturated rings. The van der Waals surface area contributed by atoms with E-state index in [1.807, 2.05) is 6.92 Å². The van der Waals surface area contributed by atoms with Crippen molar-refractivity contribution in [2.24, 2.45) is 0 Å². The van der Waals surface area contributed by atoms with Crippen molar-refractivity contribution in [2.45, 2.75) is 13.0 Å². The Kier molecular flexibility index (Phi) is 3.72. The molecule has 0 saturated carbocycles. The number of nitrogens with two attached hydrogens (primary N) is 1. The van der Waals surface area contributed by atoms with Crippen molar-refractivity contribution in [1.82, 2.24) is 4.90 Å². The van der Waals surface area contributed by atoms with E-state index in [1.165, 1.54) is 7.11 Å². The fourth-order valence-electron chi connectivity index (χ4n) is 2.09. The van der Waals surface area contributed by atoms with Gasteiger partial charge in [0.05, 0.1) is 37.6 Å². The van der Waals surface area contributed by atoms with Gasteiger partial charge in [-0.25, -0.2) is 0 Å². The SMILES string of the molecule is COc1cccc(C(=O)N2CCOC[C@@H]2C)c1N. The first-order valence-electron chi connectivity index (χ1n) is 5.96. The largest absolute Gasteiger partial charge is 0.495 e. The van der Waals surface area contributed by atoms with Gasteiger partial charge in [-0.05, 0) is 19.1 Å². The van der Waals surface area contributed by atoms with E-state index in [2.05, 4.69) is 0 Å². The highest BCUT2D eigenvalue weighted by Crippen LogP contribution is 2.26. The number of benzene rings is 1. The molecule has 1 amide bonds. The van der Waals surface area contributed by atoms with E-state index >= 15 is 0 Å². The van der Waals surface area contributed by atoms with Crippen molar-refractivity contribution in [1.29, 1.82) is 0 Å². The molecule has 0 unspecified atom stereocenters. The average molecular weight is 250 g/mol. The van der Waals surface area contributed by atoms with Crippen LogP contribution in [0.2, 0.25) is 0 Å². The standard InChI is InChI=1S/C13H18N2O3/c1-9-8-18-7-6-15(9)13(16)10-4-3-5-11(17-2)12(10)14/h3-5,9H,6-8,14H2,1-2H3/t9-/m0/s1. The number of morpholine rings is 1. The number of nitrogens with zero attached hydrogens (tertiary/aromatic N) is 1. The second-order valence-corrected chi connectivity index (χ2v) is 4.34. The fraction of sp³-hybridized carbons (Fsp3) is 0.462. The molecule has 1 aromatic carbocycles. The molecule has 0 aliphatic carbocycles. The molecule has 1 aliphatic rings. The van der Waals surface area contributed by atoms with Gasteiger partial charge in [0, 0.05) is 6.54 Å². The van der Waals surface area contributed by atoms with Crippen molar-refractivity contribution < 1.29 is 14.3 Å². The predicted octanol–water partition coefficient (Wildman–Crippen LogP) is 1.14. The molecule has 0 bridgehead atoms. The normalized spacial score (nSPS) is 19.7. The predicted molar refractivity (Wildman–Crippen MR) is 68.7 cm³/mol. The molecular weight excluding hydrogens is 232 g/mol. The van der Waals surface area contributed by atoms with Crippen LogP contribution in [0, 0.1) is 0 Å². The number of hydrogen-bond acceptors (Lipinski definition) is 4. The summed E-state index contributed by atoms with van der Waals surface area (Å²) in [5.41, 5.74) is 6.82. The molecule has 1 atom stereocenters. The maximum Gasteiger partial charge on any atom is 0.256 e. The minimum absolute atomic E-state index is 0.0665. The summed E-state index contributed by atoms with van der Waals surface area (Å²) < 4.78 is 10.5. The van der Waals surface area contributed by atoms with Crippen LogP contribution >= 0.6 is 0 Å².